The summed E-state index contributed by atoms with van der Waals surface area (Å²) in [6, 6.07) is 12.0. The lowest BCUT2D eigenvalue weighted by Gasteiger charge is -2.24. The van der Waals surface area contributed by atoms with Crippen LogP contribution in [0.3, 0.4) is 0 Å². The Balaban J connectivity index is 1.74. The lowest BCUT2D eigenvalue weighted by atomic mass is 10.0. The molecule has 30 heavy (non-hydrogen) atoms. The van der Waals surface area contributed by atoms with Crippen molar-refractivity contribution in [3.8, 4) is 17.2 Å². The second-order valence-electron chi connectivity index (χ2n) is 6.34. The third-order valence-corrected chi connectivity index (χ3v) is 4.55. The Morgan fingerprint density at radius 3 is 2.63 bits per heavy atom. The predicted octanol–water partition coefficient (Wildman–Crippen LogP) is 3.74. The van der Waals surface area contributed by atoms with Crippen molar-refractivity contribution in [2.45, 2.75) is 19.6 Å². The first-order valence-electron chi connectivity index (χ1n) is 9.21. The van der Waals surface area contributed by atoms with Gasteiger partial charge in [0, 0.05) is 5.70 Å². The lowest BCUT2D eigenvalue weighted by Crippen LogP contribution is -2.20. The molecule has 2 aromatic carbocycles. The Morgan fingerprint density at radius 1 is 1.13 bits per heavy atom. The Bertz CT molecular complexity index is 1050. The number of allylic oxidation sites excluding steroid dienone is 1. The highest BCUT2D eigenvalue weighted by Gasteiger charge is 2.25. The third-order valence-electron chi connectivity index (χ3n) is 4.55. The molecule has 3 aromatic rings. The molecule has 0 spiro atoms. The summed E-state index contributed by atoms with van der Waals surface area (Å²) in [5.74, 6) is 1.40. The first kappa shape index (κ1) is 19.6. The van der Waals surface area contributed by atoms with E-state index in [-0.39, 0.29) is 17.5 Å². The van der Waals surface area contributed by atoms with Crippen LogP contribution in [-0.4, -0.2) is 40.5 Å². The molecular weight excluding hydrogens is 396 g/mol. The van der Waals surface area contributed by atoms with Crippen molar-refractivity contribution in [3.05, 3.63) is 59.7 Å². The molecule has 2 heterocycles. The van der Waals surface area contributed by atoms with Crippen LogP contribution in [0.5, 0.6) is 17.2 Å². The number of aromatic nitrogens is 4. The average molecular weight is 415 g/mol. The Hall–Kier alpha value is -3.69. The molecule has 0 amide bonds. The van der Waals surface area contributed by atoms with Crippen LogP contribution in [0.1, 0.15) is 24.1 Å². The van der Waals surface area contributed by atoms with Crippen molar-refractivity contribution in [1.82, 2.24) is 20.2 Å². The largest absolute Gasteiger partial charge is 0.497 e. The first-order chi connectivity index (χ1) is 14.6. The van der Waals surface area contributed by atoms with E-state index in [1.807, 2.05) is 30.3 Å². The quantitative estimate of drug-likeness (QED) is 0.629. The maximum atomic E-state index is 12.7. The number of anilines is 1. The minimum Gasteiger partial charge on any atom is -0.497 e. The number of hydrogen-bond donors (Lipinski definition) is 1. The van der Waals surface area contributed by atoms with Gasteiger partial charge in [-0.25, -0.2) is 0 Å². The number of nitrogens with one attached hydrogen (secondary N) is 1. The van der Waals surface area contributed by atoms with Crippen LogP contribution in [0.25, 0.3) is 5.70 Å². The van der Waals surface area contributed by atoms with Crippen LogP contribution in [0.2, 0.25) is 0 Å². The van der Waals surface area contributed by atoms with E-state index in [2.05, 4.69) is 25.6 Å². The molecule has 0 saturated heterocycles. The van der Waals surface area contributed by atoms with Crippen molar-refractivity contribution in [2.75, 3.05) is 19.0 Å². The van der Waals surface area contributed by atoms with Gasteiger partial charge in [0.2, 0.25) is 5.95 Å². The summed E-state index contributed by atoms with van der Waals surface area (Å²) in [6.07, 6.45) is 1.95. The summed E-state index contributed by atoms with van der Waals surface area (Å²) in [5.41, 5.74) is 2.47. The van der Waals surface area contributed by atoms with E-state index in [9.17, 15) is 8.78 Å². The summed E-state index contributed by atoms with van der Waals surface area (Å²) in [5, 5.41) is 15.0. The number of alkyl halides is 2. The molecule has 0 fully saturated rings. The van der Waals surface area contributed by atoms with Gasteiger partial charge in [0.1, 0.15) is 11.8 Å². The number of nitrogens with zero attached hydrogens (tertiary/aromatic N) is 4. The normalized spacial score (nSPS) is 15.2. The highest BCUT2D eigenvalue weighted by atomic mass is 19.3. The molecule has 8 nitrogen and oxygen atoms in total. The van der Waals surface area contributed by atoms with E-state index in [0.29, 0.717) is 12.6 Å². The summed E-state index contributed by atoms with van der Waals surface area (Å²) in [7, 11) is 1.61. The zero-order chi connectivity index (χ0) is 21.1. The Kier molecular flexibility index (Phi) is 5.46. The molecule has 4 rings (SSSR count). The molecule has 0 unspecified atom stereocenters. The van der Waals surface area contributed by atoms with Crippen molar-refractivity contribution in [3.63, 3.8) is 0 Å². The number of hydrogen-bond acceptors (Lipinski definition) is 7. The summed E-state index contributed by atoms with van der Waals surface area (Å²) in [4.78, 5) is 0. The Labute approximate surface area is 171 Å². The number of halogens is 2. The molecule has 1 atom stereocenters. The van der Waals surface area contributed by atoms with Crippen molar-refractivity contribution < 1.29 is 23.0 Å². The van der Waals surface area contributed by atoms with E-state index in [1.54, 1.807) is 30.8 Å². The van der Waals surface area contributed by atoms with Gasteiger partial charge >= 0.3 is 6.61 Å². The minimum absolute atomic E-state index is 0.0270. The fourth-order valence-corrected chi connectivity index (χ4v) is 3.20. The van der Waals surface area contributed by atoms with Crippen LogP contribution in [0, 0.1) is 0 Å². The summed E-state index contributed by atoms with van der Waals surface area (Å²) >= 11 is 0. The van der Waals surface area contributed by atoms with Gasteiger partial charge in [-0.1, -0.05) is 11.2 Å². The van der Waals surface area contributed by atoms with Gasteiger partial charge in [0.15, 0.2) is 11.5 Å². The van der Waals surface area contributed by atoms with Gasteiger partial charge < -0.3 is 19.5 Å². The van der Waals surface area contributed by atoms with Gasteiger partial charge in [-0.2, -0.15) is 13.5 Å². The molecule has 1 aliphatic rings. The highest BCUT2D eigenvalue weighted by Crippen LogP contribution is 2.37. The lowest BCUT2D eigenvalue weighted by molar-refractivity contribution is -0.0514. The molecule has 156 valence electrons. The maximum Gasteiger partial charge on any atom is 0.387 e. The monoisotopic (exact) mass is 415 g/mol. The highest BCUT2D eigenvalue weighted by molar-refractivity contribution is 5.77. The number of methoxy groups -OCH3 is 1. The van der Waals surface area contributed by atoms with Gasteiger partial charge in [-0.05, 0) is 71.0 Å². The van der Waals surface area contributed by atoms with Crippen LogP contribution in [0.15, 0.2) is 48.5 Å². The van der Waals surface area contributed by atoms with Crippen LogP contribution in [0.4, 0.5) is 14.7 Å². The minimum atomic E-state index is -2.94. The summed E-state index contributed by atoms with van der Waals surface area (Å²) < 4.78 is 42.3. The number of rotatable bonds is 7. The van der Waals surface area contributed by atoms with E-state index >= 15 is 0 Å². The maximum absolute atomic E-state index is 12.7. The van der Waals surface area contributed by atoms with Gasteiger partial charge in [-0.15, -0.1) is 0 Å². The van der Waals surface area contributed by atoms with E-state index in [0.717, 1.165) is 22.6 Å². The zero-order valence-electron chi connectivity index (χ0n) is 16.3. The second-order valence-corrected chi connectivity index (χ2v) is 6.34. The summed E-state index contributed by atoms with van der Waals surface area (Å²) in [6.45, 7) is -0.871. The van der Waals surface area contributed by atoms with Crippen molar-refractivity contribution >= 4 is 11.6 Å². The fourth-order valence-electron chi connectivity index (χ4n) is 3.20. The molecular formula is C20H19F2N5O3. The predicted molar refractivity (Wildman–Crippen MR) is 105 cm³/mol. The van der Waals surface area contributed by atoms with E-state index < -0.39 is 6.61 Å². The van der Waals surface area contributed by atoms with Crippen molar-refractivity contribution in [1.29, 1.82) is 0 Å². The van der Waals surface area contributed by atoms with Gasteiger partial charge in [0.05, 0.1) is 13.7 Å². The second kappa shape index (κ2) is 8.36. The molecule has 0 aliphatic carbocycles. The molecule has 1 aromatic heterocycles. The van der Waals surface area contributed by atoms with Crippen LogP contribution >= 0.6 is 0 Å². The van der Waals surface area contributed by atoms with Gasteiger partial charge in [-0.3, -0.25) is 0 Å². The van der Waals surface area contributed by atoms with Crippen LogP contribution in [-0.2, 0) is 0 Å². The SMILES string of the molecule is CCOc1cc([C@@H]2C=C(c3ccc(OC)cc3)Nc3nnnn32)ccc1OC(F)F. The third kappa shape index (κ3) is 3.88. The fraction of sp³-hybridized carbons (Fsp3) is 0.250. The van der Waals surface area contributed by atoms with E-state index in [1.165, 1.54) is 6.07 Å². The number of tetrazole rings is 1. The molecule has 10 heteroatoms. The number of fused-ring (bicyclic) bond motifs is 1. The topological polar surface area (TPSA) is 83.3 Å². The first-order valence-corrected chi connectivity index (χ1v) is 9.21. The smallest absolute Gasteiger partial charge is 0.387 e. The number of benzene rings is 2. The molecule has 1 N–H and O–H groups in total. The molecule has 0 bridgehead atoms. The molecule has 1 aliphatic heterocycles. The zero-order valence-corrected chi connectivity index (χ0v) is 16.3. The molecule has 0 saturated carbocycles. The molecule has 0 radical (unpaired) electrons. The average Bonchev–Trinajstić information content (AvgIpc) is 3.23. The van der Waals surface area contributed by atoms with Gasteiger partial charge in [0.25, 0.3) is 0 Å². The van der Waals surface area contributed by atoms with Crippen LogP contribution < -0.4 is 19.5 Å². The van der Waals surface area contributed by atoms with E-state index in [4.69, 9.17) is 9.47 Å². The Morgan fingerprint density at radius 2 is 1.93 bits per heavy atom. The standard InChI is InChI=1S/C20H19F2N5O3/c1-3-29-18-10-13(6-9-17(18)30-19(21)22)16-11-15(23-20-24-25-26-27(16)20)12-4-7-14(28-2)8-5-12/h4-11,16,19H,3H2,1-2H3,(H,23,24,26)/t16-/m0/s1. The number of ether oxygens (including phenoxy) is 3. The van der Waals surface area contributed by atoms with Crippen molar-refractivity contribution in [2.24, 2.45) is 0 Å².